The van der Waals surface area contributed by atoms with Crippen LogP contribution in [0.4, 0.5) is 0 Å². The zero-order chi connectivity index (χ0) is 21.8. The lowest BCUT2D eigenvalue weighted by molar-refractivity contribution is -0.774. The first-order valence-electron chi connectivity index (χ1n) is 10.4. The summed E-state index contributed by atoms with van der Waals surface area (Å²) in [6.45, 7) is 2.21. The number of hydrogen-bond acceptors (Lipinski definition) is 5. The van der Waals surface area contributed by atoms with Crippen molar-refractivity contribution in [1.82, 2.24) is 0 Å². The van der Waals surface area contributed by atoms with E-state index in [1.165, 1.54) is 19.3 Å². The molecule has 0 rings (SSSR count). The Hall–Kier alpha value is -2.57. The van der Waals surface area contributed by atoms with Crippen LogP contribution >= 0.6 is 0 Å². The Bertz CT molecular complexity index is 580. The molecular weight excluding hydrogens is 372 g/mol. The lowest BCUT2D eigenvalue weighted by Crippen LogP contribution is -2.47. The average Bonchev–Trinajstić information content (AvgIpc) is 2.69. The highest BCUT2D eigenvalue weighted by molar-refractivity contribution is 5.59. The largest absolute Gasteiger partial charge is 0.512 e. The molecule has 0 unspecified atom stereocenters. The fourth-order valence-electron chi connectivity index (χ4n) is 2.60. The first-order chi connectivity index (χ1) is 14.0. The average molecular weight is 407 g/mol. The molecule has 0 spiro atoms. The summed E-state index contributed by atoms with van der Waals surface area (Å²) >= 11 is 0. The van der Waals surface area contributed by atoms with Crippen molar-refractivity contribution in [3.8, 4) is 0 Å². The van der Waals surface area contributed by atoms with E-state index in [2.05, 4.69) is 43.4 Å². The summed E-state index contributed by atoms with van der Waals surface area (Å²) in [5.41, 5.74) is -2.70. The Morgan fingerprint density at radius 2 is 1.10 bits per heavy atom. The molecule has 0 bridgehead atoms. The molecule has 0 atom stereocenters. The third-order valence-electron chi connectivity index (χ3n) is 4.44. The minimum atomic E-state index is -2.70. The van der Waals surface area contributed by atoms with Crippen molar-refractivity contribution in [2.75, 3.05) is 0 Å². The fraction of sp³-hybridized carbons (Fsp3) is 0.591. The number of rotatable bonds is 18. The number of allylic oxidation sites excluding steroid dienone is 8. The highest BCUT2D eigenvalue weighted by atomic mass is 16.7. The van der Waals surface area contributed by atoms with Gasteiger partial charge in [-0.3, -0.25) is 25.0 Å². The summed E-state index contributed by atoms with van der Waals surface area (Å²) in [7, 11) is 0. The second-order valence-corrected chi connectivity index (χ2v) is 6.84. The van der Waals surface area contributed by atoms with Crippen molar-refractivity contribution < 1.29 is 14.6 Å². The van der Waals surface area contributed by atoms with E-state index in [0.29, 0.717) is 12.8 Å². The molecule has 7 nitrogen and oxygen atoms in total. The highest BCUT2D eigenvalue weighted by Gasteiger charge is 2.55. The molecule has 0 N–H and O–H groups in total. The van der Waals surface area contributed by atoms with Gasteiger partial charge in [0.15, 0.2) is 0 Å². The predicted octanol–water partition coefficient (Wildman–Crippen LogP) is 5.97. The van der Waals surface area contributed by atoms with Crippen LogP contribution in [0.5, 0.6) is 0 Å². The van der Waals surface area contributed by atoms with Gasteiger partial charge in [-0.1, -0.05) is 68.4 Å². The number of carbonyl (C=O) groups excluding carboxylic acids is 1. The van der Waals surface area contributed by atoms with Crippen LogP contribution in [0.1, 0.15) is 77.6 Å². The van der Waals surface area contributed by atoms with Crippen LogP contribution in [0.25, 0.3) is 0 Å². The van der Waals surface area contributed by atoms with E-state index in [-0.39, 0.29) is 19.1 Å². The van der Waals surface area contributed by atoms with Gasteiger partial charge in [0.05, 0.1) is 6.42 Å². The van der Waals surface area contributed by atoms with Crippen LogP contribution in [0, 0.1) is 20.2 Å². The van der Waals surface area contributed by atoms with Crippen molar-refractivity contribution in [3.63, 3.8) is 0 Å². The molecule has 0 amide bonds. The second kappa shape index (κ2) is 17.5. The molecule has 0 saturated carbocycles. The lowest BCUT2D eigenvalue weighted by Gasteiger charge is -2.10. The molecule has 0 heterocycles. The van der Waals surface area contributed by atoms with Crippen LogP contribution in [0.15, 0.2) is 48.6 Å². The molecule has 0 aromatic heterocycles. The third-order valence-corrected chi connectivity index (χ3v) is 4.44. The zero-order valence-electron chi connectivity index (χ0n) is 17.4. The topological polar surface area (TPSA) is 103 Å². The van der Waals surface area contributed by atoms with Crippen molar-refractivity contribution >= 4 is 6.29 Å². The summed E-state index contributed by atoms with van der Waals surface area (Å²) in [6, 6.07) is 0. The molecule has 0 aliphatic carbocycles. The van der Waals surface area contributed by atoms with Gasteiger partial charge in [0.1, 0.15) is 9.85 Å². The zero-order valence-corrected chi connectivity index (χ0v) is 17.4. The quantitative estimate of drug-likeness (QED) is 0.0696. The normalized spacial score (nSPS) is 12.6. The monoisotopic (exact) mass is 406 g/mol. The Labute approximate surface area is 173 Å². The summed E-state index contributed by atoms with van der Waals surface area (Å²) in [5, 5.41) is 21.6. The van der Waals surface area contributed by atoms with Gasteiger partial charge in [-0.15, -0.1) is 0 Å². The highest BCUT2D eigenvalue weighted by Crippen LogP contribution is 2.18. The van der Waals surface area contributed by atoms with E-state index in [9.17, 15) is 25.0 Å². The van der Waals surface area contributed by atoms with Crippen molar-refractivity contribution in [3.05, 3.63) is 68.8 Å². The van der Waals surface area contributed by atoms with E-state index in [4.69, 9.17) is 0 Å². The van der Waals surface area contributed by atoms with Crippen molar-refractivity contribution in [2.24, 2.45) is 0 Å². The molecule has 7 heteroatoms. The Morgan fingerprint density at radius 3 is 1.48 bits per heavy atom. The van der Waals surface area contributed by atoms with Crippen LogP contribution < -0.4 is 0 Å². The molecule has 0 aromatic rings. The SMILES string of the molecule is CCCCC/C=C/C/C=C/C/C=C/C/C=C/CCCCC(C=O)([N+](=O)[O-])[N+](=O)[O-]. The van der Waals surface area contributed by atoms with Crippen LogP contribution in [-0.4, -0.2) is 21.8 Å². The molecule has 162 valence electrons. The molecule has 0 aromatic carbocycles. The van der Waals surface area contributed by atoms with Gasteiger partial charge in [-0.05, 0) is 51.4 Å². The number of aldehydes is 1. The number of nitro groups is 2. The van der Waals surface area contributed by atoms with Crippen molar-refractivity contribution in [1.29, 1.82) is 0 Å². The Kier molecular flexibility index (Phi) is 16.0. The maximum absolute atomic E-state index is 10.8. The summed E-state index contributed by atoms with van der Waals surface area (Å²) in [4.78, 5) is 30.2. The molecular formula is C22H34N2O5. The van der Waals surface area contributed by atoms with E-state index >= 15 is 0 Å². The first-order valence-corrected chi connectivity index (χ1v) is 10.4. The number of nitrogens with zero attached hydrogens (tertiary/aromatic N) is 2. The molecule has 0 radical (unpaired) electrons. The standard InChI is InChI=1S/C22H34N2O5/c1-2-3-4-5-6-7-8-9-10-11-12-13-14-15-16-17-18-19-20-22(21-25,23(26)27)24(28)29/h6-7,9-10,12-13,15-16,21H,2-5,8,11,14,17-20H2,1H3/b7-6+,10-9+,13-12+,16-15+. The van der Waals surface area contributed by atoms with E-state index in [1.54, 1.807) is 0 Å². The maximum atomic E-state index is 10.8. The smallest absolute Gasteiger partial charge is 0.287 e. The van der Waals surface area contributed by atoms with Crippen molar-refractivity contribution in [2.45, 2.75) is 83.2 Å². The van der Waals surface area contributed by atoms with Gasteiger partial charge in [0, 0.05) is 0 Å². The molecule has 0 fully saturated rings. The maximum Gasteiger partial charge on any atom is 0.512 e. The van der Waals surface area contributed by atoms with E-state index in [1.807, 2.05) is 12.2 Å². The summed E-state index contributed by atoms with van der Waals surface area (Å²) < 4.78 is 0. The first kappa shape index (κ1) is 26.4. The molecule has 0 saturated heterocycles. The van der Waals surface area contributed by atoms with Gasteiger partial charge in [-0.25, -0.2) is 0 Å². The number of carbonyl (C=O) groups is 1. The van der Waals surface area contributed by atoms with Gasteiger partial charge in [0.2, 0.25) is 0 Å². The third kappa shape index (κ3) is 12.5. The van der Waals surface area contributed by atoms with Gasteiger partial charge < -0.3 is 0 Å². The molecule has 29 heavy (non-hydrogen) atoms. The predicted molar refractivity (Wildman–Crippen MR) is 116 cm³/mol. The van der Waals surface area contributed by atoms with Crippen LogP contribution in [-0.2, 0) is 4.79 Å². The number of hydrogen-bond donors (Lipinski definition) is 0. The summed E-state index contributed by atoms with van der Waals surface area (Å²) in [6.07, 6.45) is 25.4. The van der Waals surface area contributed by atoms with Crippen LogP contribution in [0.3, 0.4) is 0 Å². The van der Waals surface area contributed by atoms with Crippen LogP contribution in [0.2, 0.25) is 0 Å². The summed E-state index contributed by atoms with van der Waals surface area (Å²) in [5.74, 6) is 0. The minimum Gasteiger partial charge on any atom is -0.287 e. The van der Waals surface area contributed by atoms with Gasteiger partial charge in [0.25, 0.3) is 6.29 Å². The second-order valence-electron chi connectivity index (χ2n) is 6.84. The number of unbranched alkanes of at least 4 members (excludes halogenated alkanes) is 5. The Balaban J connectivity index is 3.81. The molecule has 0 aliphatic rings. The molecule has 0 aliphatic heterocycles. The van der Waals surface area contributed by atoms with Gasteiger partial charge in [-0.2, -0.15) is 0 Å². The van der Waals surface area contributed by atoms with E-state index < -0.39 is 15.5 Å². The fourth-order valence-corrected chi connectivity index (χ4v) is 2.60. The minimum absolute atomic E-state index is 0.175. The van der Waals surface area contributed by atoms with E-state index in [0.717, 1.165) is 25.7 Å². The Morgan fingerprint density at radius 1 is 0.690 bits per heavy atom. The lowest BCUT2D eigenvalue weighted by atomic mass is 10.0. The van der Waals surface area contributed by atoms with Gasteiger partial charge >= 0.3 is 5.66 Å².